The molecule has 1 aromatic carbocycles. The summed E-state index contributed by atoms with van der Waals surface area (Å²) in [6.07, 6.45) is -4.06. The molecule has 1 atom stereocenters. The van der Waals surface area contributed by atoms with Gasteiger partial charge in [0, 0.05) is 0 Å². The van der Waals surface area contributed by atoms with E-state index in [1.54, 1.807) is 0 Å². The molecule has 0 radical (unpaired) electrons. The van der Waals surface area contributed by atoms with Crippen molar-refractivity contribution in [3.05, 3.63) is 46.2 Å². The van der Waals surface area contributed by atoms with Crippen LogP contribution in [0.3, 0.4) is 0 Å². The van der Waals surface area contributed by atoms with Crippen LogP contribution in [0.1, 0.15) is 10.6 Å². The van der Waals surface area contributed by atoms with Crippen LogP contribution < -0.4 is 21.4 Å². The van der Waals surface area contributed by atoms with Crippen molar-refractivity contribution in [1.29, 1.82) is 5.41 Å². The Hall–Kier alpha value is -3.88. The normalized spacial score (nSPS) is 18.4. The Bertz CT molecular complexity index is 1100. The summed E-state index contributed by atoms with van der Waals surface area (Å²) in [5.74, 6) is -2.71. The zero-order valence-electron chi connectivity index (χ0n) is 15.7. The molecule has 15 heteroatoms. The molecule has 1 saturated heterocycles. The molecule has 10 nitrogen and oxygen atoms in total. The summed E-state index contributed by atoms with van der Waals surface area (Å²) in [6, 6.07) is 3.96. The molecule has 1 fully saturated rings. The number of alkyl halides is 3. The molecule has 32 heavy (non-hydrogen) atoms. The van der Waals surface area contributed by atoms with Gasteiger partial charge in [-0.05, 0) is 24.3 Å². The zero-order chi connectivity index (χ0) is 23.5. The Morgan fingerprint density at radius 2 is 1.97 bits per heavy atom. The van der Waals surface area contributed by atoms with E-state index in [-0.39, 0.29) is 11.3 Å². The Morgan fingerprint density at radius 3 is 2.56 bits per heavy atom. The topological polar surface area (TPSA) is 148 Å². The number of carbonyl (C=O) groups excluding carboxylic acids is 3. The number of rotatable bonds is 7. The van der Waals surface area contributed by atoms with E-state index >= 15 is 0 Å². The van der Waals surface area contributed by atoms with Gasteiger partial charge in [0.15, 0.2) is 5.54 Å². The third-order valence-electron chi connectivity index (χ3n) is 4.16. The number of amides is 4. The van der Waals surface area contributed by atoms with Crippen LogP contribution in [-0.4, -0.2) is 41.3 Å². The van der Waals surface area contributed by atoms with Crippen LogP contribution in [0.4, 0.5) is 28.0 Å². The molecule has 1 unspecified atom stereocenters. The smallest absolute Gasteiger partial charge is 0.347 e. The van der Waals surface area contributed by atoms with Crippen LogP contribution in [0.25, 0.3) is 0 Å². The predicted molar refractivity (Wildman–Crippen MR) is 105 cm³/mol. The average Bonchev–Trinajstić information content (AvgIpc) is 3.32. The zero-order valence-corrected chi connectivity index (χ0v) is 16.5. The van der Waals surface area contributed by atoms with E-state index in [2.05, 4.69) is 26.1 Å². The highest BCUT2D eigenvalue weighted by Crippen LogP contribution is 2.39. The molecule has 4 amide bonds. The molecule has 2 aromatic rings. The lowest BCUT2D eigenvalue weighted by molar-refractivity contribution is -0.136. The Morgan fingerprint density at radius 1 is 1.28 bits per heavy atom. The van der Waals surface area contributed by atoms with Crippen molar-refractivity contribution in [1.82, 2.24) is 20.9 Å². The van der Waals surface area contributed by atoms with Gasteiger partial charge < -0.3 is 10.6 Å². The van der Waals surface area contributed by atoms with Gasteiger partial charge in [-0.1, -0.05) is 0 Å². The van der Waals surface area contributed by atoms with E-state index < -0.39 is 58.2 Å². The molecule has 0 bridgehead atoms. The van der Waals surface area contributed by atoms with Gasteiger partial charge >= 0.3 is 12.2 Å². The summed E-state index contributed by atoms with van der Waals surface area (Å²) in [6.45, 7) is -0.808. The number of hydrogen-bond donors (Lipinski definition) is 5. The molecule has 168 valence electrons. The number of hydrogen-bond acceptors (Lipinski definition) is 8. The fourth-order valence-corrected chi connectivity index (χ4v) is 3.42. The minimum atomic E-state index is -4.85. The quantitative estimate of drug-likeness (QED) is 0.180. The molecule has 0 aliphatic carbocycles. The van der Waals surface area contributed by atoms with E-state index in [9.17, 15) is 31.9 Å². The Labute approximate surface area is 180 Å². The monoisotopic (exact) mass is 471 g/mol. The van der Waals surface area contributed by atoms with Crippen LogP contribution >= 0.6 is 11.3 Å². The summed E-state index contributed by atoms with van der Waals surface area (Å²) in [5.41, 5.74) is -0.143. The number of imide groups is 1. The number of thiazole rings is 1. The number of benzene rings is 1. The maximum Gasteiger partial charge on any atom is 0.427 e. The van der Waals surface area contributed by atoms with Crippen LogP contribution in [0, 0.1) is 11.2 Å². The van der Waals surface area contributed by atoms with Crippen LogP contribution in [0.2, 0.25) is 0 Å². The first kappa shape index (κ1) is 22.8. The summed E-state index contributed by atoms with van der Waals surface area (Å²) in [5, 5.41) is 17.3. The van der Waals surface area contributed by atoms with E-state index in [1.807, 2.05) is 5.32 Å². The van der Waals surface area contributed by atoms with Crippen molar-refractivity contribution in [3.63, 3.8) is 0 Å². The highest BCUT2D eigenvalue weighted by atomic mass is 32.1. The molecule has 1 aliphatic rings. The second-order valence-corrected chi connectivity index (χ2v) is 7.17. The van der Waals surface area contributed by atoms with Gasteiger partial charge in [0.2, 0.25) is 0 Å². The minimum Gasteiger partial charge on any atom is -0.347 e. The standard InChI is InChI=1S/C17H13F4N7O3S/c18-8-1-3-9(4-2-8)28-25-5-10(22)13(29)23-6-16(14(30)26-15(31)27-16)11-12(17(19,20)21)32-7-24-11/h1-5,7,22,28H,6H2,(H,23,29)(H2,26,27,30,31)/b22-10?,25-5-. The van der Waals surface area contributed by atoms with Crippen molar-refractivity contribution >= 4 is 46.8 Å². The number of nitrogens with zero attached hydrogens (tertiary/aromatic N) is 2. The summed E-state index contributed by atoms with van der Waals surface area (Å²) >= 11 is 0.220. The van der Waals surface area contributed by atoms with Gasteiger partial charge in [0.05, 0.1) is 24.0 Å². The highest BCUT2D eigenvalue weighted by molar-refractivity contribution is 7.09. The minimum absolute atomic E-state index is 0.220. The van der Waals surface area contributed by atoms with E-state index in [0.29, 0.717) is 5.69 Å². The fourth-order valence-electron chi connectivity index (χ4n) is 2.68. The molecular formula is C17H13F4N7O3S. The van der Waals surface area contributed by atoms with Crippen molar-refractivity contribution < 1.29 is 31.9 Å². The van der Waals surface area contributed by atoms with Crippen LogP contribution in [0.5, 0.6) is 0 Å². The van der Waals surface area contributed by atoms with Crippen molar-refractivity contribution in [3.8, 4) is 0 Å². The lowest BCUT2D eigenvalue weighted by atomic mass is 9.93. The second kappa shape index (κ2) is 8.70. The Balaban J connectivity index is 1.72. The lowest BCUT2D eigenvalue weighted by Crippen LogP contribution is -2.54. The highest BCUT2D eigenvalue weighted by Gasteiger charge is 2.54. The summed E-state index contributed by atoms with van der Waals surface area (Å²) < 4.78 is 52.8. The van der Waals surface area contributed by atoms with Gasteiger partial charge in [0.1, 0.15) is 22.1 Å². The molecule has 0 saturated carbocycles. The number of hydrazone groups is 1. The average molecular weight is 471 g/mol. The molecule has 5 N–H and O–H groups in total. The largest absolute Gasteiger partial charge is 0.427 e. The molecule has 1 aliphatic heterocycles. The molecule has 3 rings (SSSR count). The van der Waals surface area contributed by atoms with Crippen molar-refractivity contribution in [2.24, 2.45) is 5.10 Å². The first-order valence-electron chi connectivity index (χ1n) is 8.59. The second-order valence-electron chi connectivity index (χ2n) is 6.31. The number of urea groups is 1. The first-order valence-corrected chi connectivity index (χ1v) is 9.47. The molecule has 1 aromatic heterocycles. The van der Waals surface area contributed by atoms with E-state index in [1.165, 1.54) is 12.1 Å². The Kier molecular flexibility index (Phi) is 6.20. The third-order valence-corrected chi connectivity index (χ3v) is 5.03. The SMILES string of the molecule is N=C(/C=N\Nc1ccc(F)cc1)C(=O)NCC1(c2ncsc2C(F)(F)F)NC(=O)NC1=O. The van der Waals surface area contributed by atoms with Gasteiger partial charge in [-0.2, -0.15) is 18.3 Å². The molecule has 0 spiro atoms. The van der Waals surface area contributed by atoms with Crippen LogP contribution in [0.15, 0.2) is 34.9 Å². The van der Waals surface area contributed by atoms with Gasteiger partial charge in [0.25, 0.3) is 11.8 Å². The fraction of sp³-hybridized carbons (Fsp3) is 0.176. The third kappa shape index (κ3) is 4.72. The summed E-state index contributed by atoms with van der Waals surface area (Å²) in [4.78, 5) is 38.5. The first-order chi connectivity index (χ1) is 15.0. The maximum atomic E-state index is 13.3. The number of carbonyl (C=O) groups is 3. The van der Waals surface area contributed by atoms with Gasteiger partial charge in [-0.15, -0.1) is 11.3 Å². The number of anilines is 1. The van der Waals surface area contributed by atoms with Crippen LogP contribution in [-0.2, 0) is 21.3 Å². The van der Waals surface area contributed by atoms with Gasteiger partial charge in [-0.3, -0.25) is 25.7 Å². The van der Waals surface area contributed by atoms with Gasteiger partial charge in [-0.25, -0.2) is 14.2 Å². The lowest BCUT2D eigenvalue weighted by Gasteiger charge is -2.26. The molecular weight excluding hydrogens is 458 g/mol. The molecule has 2 heterocycles. The van der Waals surface area contributed by atoms with E-state index in [4.69, 9.17) is 5.41 Å². The number of aromatic nitrogens is 1. The predicted octanol–water partition coefficient (Wildman–Crippen LogP) is 1.57. The van der Waals surface area contributed by atoms with E-state index in [0.717, 1.165) is 23.9 Å². The maximum absolute atomic E-state index is 13.3. The van der Waals surface area contributed by atoms with Crippen molar-refractivity contribution in [2.75, 3.05) is 12.0 Å². The number of halogens is 4. The number of nitrogens with one attached hydrogen (secondary N) is 5. The van der Waals surface area contributed by atoms with Crippen molar-refractivity contribution in [2.45, 2.75) is 11.7 Å². The summed E-state index contributed by atoms with van der Waals surface area (Å²) in [7, 11) is 0.